The summed E-state index contributed by atoms with van der Waals surface area (Å²) >= 11 is 1.49. The summed E-state index contributed by atoms with van der Waals surface area (Å²) in [5, 5.41) is 16.7. The number of aliphatic carboxylic acids is 1. The fourth-order valence-corrected chi connectivity index (χ4v) is 3.26. The fraction of sp³-hybridized carbons (Fsp3) is 0.333. The molecule has 0 spiro atoms. The monoisotopic (exact) mass is 400 g/mol. The van der Waals surface area contributed by atoms with E-state index in [2.05, 4.69) is 10.6 Å². The van der Waals surface area contributed by atoms with Gasteiger partial charge in [-0.05, 0) is 35.6 Å². The lowest BCUT2D eigenvalue weighted by atomic mass is 10.1. The predicted molar refractivity (Wildman–Crippen MR) is 102 cm³/mol. The third-order valence-electron chi connectivity index (χ3n) is 3.72. The van der Waals surface area contributed by atoms with E-state index >= 15 is 0 Å². The largest absolute Gasteiger partial charge is 0.480 e. The van der Waals surface area contributed by atoms with Crippen LogP contribution in [0.15, 0.2) is 41.8 Å². The van der Waals surface area contributed by atoms with Crippen LogP contribution in [0.25, 0.3) is 0 Å². The summed E-state index contributed by atoms with van der Waals surface area (Å²) in [5.74, 6) is -1.63. The Labute approximate surface area is 162 Å². The number of nitrogens with one attached hydrogen (secondary N) is 2. The van der Waals surface area contributed by atoms with Gasteiger partial charge in [0.05, 0.1) is 12.6 Å². The molecule has 1 aromatic heterocycles. The first-order valence-corrected chi connectivity index (χ1v) is 8.93. The first-order valence-electron chi connectivity index (χ1n) is 8.05. The summed E-state index contributed by atoms with van der Waals surface area (Å²) in [6.07, 6.45) is 1.16. The Balaban J connectivity index is 0.00000338. The van der Waals surface area contributed by atoms with Crippen molar-refractivity contribution >= 4 is 35.6 Å². The van der Waals surface area contributed by atoms with E-state index in [4.69, 9.17) is 5.11 Å². The van der Waals surface area contributed by atoms with Crippen molar-refractivity contribution in [2.75, 3.05) is 6.54 Å². The zero-order valence-corrected chi connectivity index (χ0v) is 15.9. The Hall–Kier alpha value is -1.96. The average molecular weight is 401 g/mol. The van der Waals surface area contributed by atoms with Crippen LogP contribution in [-0.2, 0) is 9.59 Å². The number of benzene rings is 1. The van der Waals surface area contributed by atoms with Gasteiger partial charge in [-0.1, -0.05) is 31.5 Å². The predicted octanol–water partition coefficient (Wildman–Crippen LogP) is 3.36. The molecule has 2 rings (SSSR count). The Morgan fingerprint density at radius 3 is 2.46 bits per heavy atom. The number of hydrogen-bond donors (Lipinski definition) is 3. The summed E-state index contributed by atoms with van der Waals surface area (Å²) in [6, 6.07) is 8.58. The molecule has 8 heteroatoms. The summed E-state index contributed by atoms with van der Waals surface area (Å²) in [5.41, 5.74) is 0.764. The average Bonchev–Trinajstić information content (AvgIpc) is 3.11. The molecule has 0 aliphatic heterocycles. The number of carbonyl (C=O) groups excluding carboxylic acids is 1. The van der Waals surface area contributed by atoms with E-state index in [1.165, 1.54) is 23.5 Å². The molecule has 0 fully saturated rings. The van der Waals surface area contributed by atoms with Crippen molar-refractivity contribution in [1.82, 2.24) is 10.6 Å². The van der Waals surface area contributed by atoms with Gasteiger partial charge in [0.2, 0.25) is 5.91 Å². The van der Waals surface area contributed by atoms with E-state index in [-0.39, 0.29) is 30.7 Å². The normalized spacial score (nSPS) is 12.7. The Morgan fingerprint density at radius 2 is 1.92 bits per heavy atom. The number of halogens is 2. The number of amides is 1. The standard InChI is InChI=1S/C18H21FN2O3S.ClH/c1-2-4-14(18(23)24)20-11-16(22)21-17(15-5-3-10-25-15)12-6-8-13(19)9-7-12;/h3,5-10,14,17,20H,2,4,11H2,1H3,(H,21,22)(H,23,24);1H. The van der Waals surface area contributed by atoms with E-state index < -0.39 is 18.1 Å². The molecule has 0 saturated heterocycles. The maximum Gasteiger partial charge on any atom is 0.320 e. The fourth-order valence-electron chi connectivity index (χ4n) is 2.46. The minimum atomic E-state index is -0.969. The lowest BCUT2D eigenvalue weighted by molar-refractivity contribution is -0.139. The van der Waals surface area contributed by atoms with Gasteiger partial charge in [-0.25, -0.2) is 4.39 Å². The van der Waals surface area contributed by atoms with Crippen molar-refractivity contribution in [3.63, 3.8) is 0 Å². The molecule has 1 amide bonds. The van der Waals surface area contributed by atoms with Gasteiger partial charge in [0.15, 0.2) is 0 Å². The molecule has 5 nitrogen and oxygen atoms in total. The molecular formula is C18H22ClFN2O3S. The molecule has 0 aliphatic carbocycles. The summed E-state index contributed by atoms with van der Waals surface area (Å²) in [6.45, 7) is 1.79. The van der Waals surface area contributed by atoms with E-state index in [9.17, 15) is 14.0 Å². The molecule has 3 N–H and O–H groups in total. The van der Waals surface area contributed by atoms with Crippen molar-refractivity contribution in [2.45, 2.75) is 31.8 Å². The molecule has 1 aromatic carbocycles. The van der Waals surface area contributed by atoms with E-state index in [1.54, 1.807) is 12.1 Å². The zero-order chi connectivity index (χ0) is 18.2. The van der Waals surface area contributed by atoms with E-state index in [0.717, 1.165) is 10.4 Å². The van der Waals surface area contributed by atoms with E-state index in [1.807, 2.05) is 24.4 Å². The molecule has 2 atom stereocenters. The highest BCUT2D eigenvalue weighted by molar-refractivity contribution is 7.10. The smallest absolute Gasteiger partial charge is 0.320 e. The van der Waals surface area contributed by atoms with Crippen LogP contribution in [-0.4, -0.2) is 29.6 Å². The van der Waals surface area contributed by atoms with Crippen LogP contribution in [0, 0.1) is 5.82 Å². The van der Waals surface area contributed by atoms with Crippen LogP contribution in [0.5, 0.6) is 0 Å². The minimum absolute atomic E-state index is 0. The van der Waals surface area contributed by atoms with Crippen LogP contribution in [0.3, 0.4) is 0 Å². The molecule has 1 heterocycles. The van der Waals surface area contributed by atoms with Gasteiger partial charge >= 0.3 is 5.97 Å². The van der Waals surface area contributed by atoms with Gasteiger partial charge in [-0.15, -0.1) is 23.7 Å². The molecule has 26 heavy (non-hydrogen) atoms. The minimum Gasteiger partial charge on any atom is -0.480 e. The number of hydrogen-bond acceptors (Lipinski definition) is 4. The molecule has 2 unspecified atom stereocenters. The third-order valence-corrected chi connectivity index (χ3v) is 4.66. The highest BCUT2D eigenvalue weighted by atomic mass is 35.5. The Bertz CT molecular complexity index is 695. The lowest BCUT2D eigenvalue weighted by Crippen LogP contribution is -2.43. The molecule has 0 aliphatic rings. The van der Waals surface area contributed by atoms with E-state index in [0.29, 0.717) is 12.8 Å². The number of carboxylic acid groups (broad SMARTS) is 1. The summed E-state index contributed by atoms with van der Waals surface area (Å²) in [7, 11) is 0. The van der Waals surface area contributed by atoms with Gasteiger partial charge in [0.25, 0.3) is 0 Å². The van der Waals surface area contributed by atoms with Crippen molar-refractivity contribution in [3.8, 4) is 0 Å². The highest BCUT2D eigenvalue weighted by Gasteiger charge is 2.20. The molecule has 0 radical (unpaired) electrons. The van der Waals surface area contributed by atoms with Crippen molar-refractivity contribution in [3.05, 3.63) is 58.0 Å². The van der Waals surface area contributed by atoms with Gasteiger partial charge in [-0.3, -0.25) is 14.9 Å². The SMILES string of the molecule is CCCC(NCC(=O)NC(c1ccc(F)cc1)c1cccs1)C(=O)O.Cl. The van der Waals surface area contributed by atoms with Crippen LogP contribution >= 0.6 is 23.7 Å². The summed E-state index contributed by atoms with van der Waals surface area (Å²) < 4.78 is 13.2. The molecule has 0 bridgehead atoms. The zero-order valence-electron chi connectivity index (χ0n) is 14.3. The maximum absolute atomic E-state index is 13.2. The van der Waals surface area contributed by atoms with Crippen molar-refractivity contribution in [1.29, 1.82) is 0 Å². The number of carboxylic acids is 1. The van der Waals surface area contributed by atoms with Gasteiger partial charge in [-0.2, -0.15) is 0 Å². The Morgan fingerprint density at radius 1 is 1.23 bits per heavy atom. The first-order chi connectivity index (χ1) is 12.0. The van der Waals surface area contributed by atoms with Crippen LogP contribution in [0.4, 0.5) is 4.39 Å². The van der Waals surface area contributed by atoms with Crippen LogP contribution < -0.4 is 10.6 Å². The lowest BCUT2D eigenvalue weighted by Gasteiger charge is -2.19. The molecule has 142 valence electrons. The van der Waals surface area contributed by atoms with Gasteiger partial charge < -0.3 is 10.4 Å². The number of carbonyl (C=O) groups is 2. The van der Waals surface area contributed by atoms with Crippen molar-refractivity contribution in [2.24, 2.45) is 0 Å². The van der Waals surface area contributed by atoms with Crippen molar-refractivity contribution < 1.29 is 19.1 Å². The quantitative estimate of drug-likeness (QED) is 0.603. The number of rotatable bonds is 9. The molecule has 2 aromatic rings. The van der Waals surface area contributed by atoms with Gasteiger partial charge in [0, 0.05) is 4.88 Å². The maximum atomic E-state index is 13.2. The first kappa shape index (κ1) is 22.1. The third kappa shape index (κ3) is 6.40. The van der Waals surface area contributed by atoms with Gasteiger partial charge in [0.1, 0.15) is 11.9 Å². The number of thiophene rings is 1. The second-order valence-electron chi connectivity index (χ2n) is 5.63. The van der Waals surface area contributed by atoms with Crippen LogP contribution in [0.1, 0.15) is 36.2 Å². The molecular weight excluding hydrogens is 379 g/mol. The molecule has 0 saturated carbocycles. The Kier molecular flexibility index (Phi) is 9.26. The summed E-state index contributed by atoms with van der Waals surface area (Å²) in [4.78, 5) is 24.3. The second-order valence-corrected chi connectivity index (χ2v) is 6.61. The van der Waals surface area contributed by atoms with Crippen LogP contribution in [0.2, 0.25) is 0 Å². The topological polar surface area (TPSA) is 78.4 Å². The second kappa shape index (κ2) is 10.9. The highest BCUT2D eigenvalue weighted by Crippen LogP contribution is 2.26.